The Hall–Kier alpha value is -1.80. The first kappa shape index (κ1) is 20.2. The number of hydrogen-bond acceptors (Lipinski definition) is 4. The molecule has 0 saturated heterocycles. The fourth-order valence-corrected chi connectivity index (χ4v) is 2.60. The molecule has 24 heavy (non-hydrogen) atoms. The molecular formula is C16H28N4O3S. The van der Waals surface area contributed by atoms with Crippen LogP contribution in [0.5, 0.6) is 5.75 Å². The molecule has 0 saturated carbocycles. The Morgan fingerprint density at radius 2 is 1.96 bits per heavy atom. The van der Waals surface area contributed by atoms with Crippen molar-refractivity contribution in [2.24, 2.45) is 4.99 Å². The van der Waals surface area contributed by atoms with E-state index in [2.05, 4.69) is 20.3 Å². The van der Waals surface area contributed by atoms with Crippen molar-refractivity contribution in [1.29, 1.82) is 0 Å². The molecule has 1 rings (SSSR count). The first-order valence-electron chi connectivity index (χ1n) is 8.04. The molecule has 0 fully saturated rings. The zero-order chi connectivity index (χ0) is 18.0. The van der Waals surface area contributed by atoms with Gasteiger partial charge < -0.3 is 15.4 Å². The van der Waals surface area contributed by atoms with Crippen LogP contribution in [-0.2, 0) is 16.6 Å². The van der Waals surface area contributed by atoms with Gasteiger partial charge in [-0.05, 0) is 32.4 Å². The summed E-state index contributed by atoms with van der Waals surface area (Å²) in [6, 6.07) is 5.99. The summed E-state index contributed by atoms with van der Waals surface area (Å²) in [4.78, 5) is 4.51. The van der Waals surface area contributed by atoms with E-state index in [1.165, 1.54) is 0 Å². The van der Waals surface area contributed by atoms with Gasteiger partial charge in [0.1, 0.15) is 5.75 Å². The normalized spacial score (nSPS) is 12.1. The number of rotatable bonds is 9. The van der Waals surface area contributed by atoms with Gasteiger partial charge in [0.25, 0.3) is 0 Å². The fraction of sp³-hybridized carbons (Fsp3) is 0.562. The highest BCUT2D eigenvalue weighted by atomic mass is 32.2. The minimum atomic E-state index is -3.16. The van der Waals surface area contributed by atoms with Crippen LogP contribution < -0.4 is 20.1 Å². The first-order chi connectivity index (χ1) is 11.4. The molecule has 0 heterocycles. The molecule has 8 heteroatoms. The van der Waals surface area contributed by atoms with Crippen LogP contribution in [0, 0.1) is 6.92 Å². The van der Waals surface area contributed by atoms with Crippen LogP contribution >= 0.6 is 0 Å². The summed E-state index contributed by atoms with van der Waals surface area (Å²) in [7, 11) is -1.52. The Labute approximate surface area is 145 Å². The van der Waals surface area contributed by atoms with Crippen molar-refractivity contribution < 1.29 is 13.2 Å². The van der Waals surface area contributed by atoms with Crippen LogP contribution in [0.15, 0.2) is 23.2 Å². The van der Waals surface area contributed by atoms with E-state index in [1.54, 1.807) is 14.0 Å². The lowest BCUT2D eigenvalue weighted by atomic mass is 10.1. The van der Waals surface area contributed by atoms with E-state index in [4.69, 9.17) is 4.74 Å². The Balaban J connectivity index is 2.62. The van der Waals surface area contributed by atoms with Crippen molar-refractivity contribution in [3.05, 3.63) is 29.3 Å². The highest BCUT2D eigenvalue weighted by Crippen LogP contribution is 2.20. The maximum absolute atomic E-state index is 11.4. The van der Waals surface area contributed by atoms with Crippen molar-refractivity contribution in [3.63, 3.8) is 0 Å². The molecule has 0 bridgehead atoms. The molecule has 0 aliphatic rings. The second-order valence-corrected chi connectivity index (χ2v) is 7.33. The van der Waals surface area contributed by atoms with Crippen LogP contribution in [-0.4, -0.2) is 46.9 Å². The molecule has 0 amide bonds. The van der Waals surface area contributed by atoms with Gasteiger partial charge in [-0.3, -0.25) is 0 Å². The van der Waals surface area contributed by atoms with Crippen LogP contribution in [0.3, 0.4) is 0 Å². The van der Waals surface area contributed by atoms with Gasteiger partial charge in [0.2, 0.25) is 10.0 Å². The van der Waals surface area contributed by atoms with Crippen LogP contribution in [0.25, 0.3) is 0 Å². The van der Waals surface area contributed by atoms with Gasteiger partial charge in [0, 0.05) is 25.2 Å². The number of aliphatic imine (C=N–C) groups is 1. The number of ether oxygens (including phenoxy) is 1. The van der Waals surface area contributed by atoms with Gasteiger partial charge >= 0.3 is 0 Å². The van der Waals surface area contributed by atoms with Crippen LogP contribution in [0.2, 0.25) is 0 Å². The summed E-state index contributed by atoms with van der Waals surface area (Å²) in [6.07, 6.45) is 0. The third kappa shape index (κ3) is 7.18. The molecule has 0 aromatic heterocycles. The van der Waals surface area contributed by atoms with Gasteiger partial charge in [0.15, 0.2) is 5.96 Å². The topological polar surface area (TPSA) is 91.8 Å². The van der Waals surface area contributed by atoms with Crippen LogP contribution in [0.4, 0.5) is 0 Å². The molecule has 0 radical (unpaired) electrons. The van der Waals surface area contributed by atoms with Gasteiger partial charge in [-0.15, -0.1) is 0 Å². The summed E-state index contributed by atoms with van der Waals surface area (Å²) in [6.45, 7) is 7.56. The van der Waals surface area contributed by atoms with E-state index in [-0.39, 0.29) is 5.75 Å². The number of nitrogens with zero attached hydrogens (tertiary/aromatic N) is 1. The molecule has 0 atom stereocenters. The third-order valence-electron chi connectivity index (χ3n) is 3.31. The maximum Gasteiger partial charge on any atom is 0.211 e. The number of guanidine groups is 1. The van der Waals surface area contributed by atoms with E-state index < -0.39 is 10.0 Å². The SMILES string of the molecule is CCNC(=NCc1ccc(C)cc1OC)NCCNS(=O)(=O)CC. The summed E-state index contributed by atoms with van der Waals surface area (Å²) < 4.78 is 30.7. The average Bonchev–Trinajstić information content (AvgIpc) is 2.57. The zero-order valence-corrected chi connectivity index (χ0v) is 15.7. The van der Waals surface area contributed by atoms with E-state index in [0.29, 0.717) is 25.6 Å². The van der Waals surface area contributed by atoms with E-state index in [0.717, 1.165) is 23.4 Å². The summed E-state index contributed by atoms with van der Waals surface area (Å²) in [5, 5.41) is 6.24. The van der Waals surface area contributed by atoms with E-state index in [1.807, 2.05) is 32.0 Å². The third-order valence-corrected chi connectivity index (χ3v) is 4.72. The van der Waals surface area contributed by atoms with Crippen molar-refractivity contribution in [2.75, 3.05) is 32.5 Å². The summed E-state index contributed by atoms with van der Waals surface area (Å²) >= 11 is 0. The fourth-order valence-electron chi connectivity index (χ4n) is 1.98. The monoisotopic (exact) mass is 356 g/mol. The predicted octanol–water partition coefficient (Wildman–Crippen LogP) is 0.998. The Kier molecular flexibility index (Phi) is 8.56. The molecule has 0 spiro atoms. The molecule has 3 N–H and O–H groups in total. The lowest BCUT2D eigenvalue weighted by molar-refractivity contribution is 0.409. The van der Waals surface area contributed by atoms with Gasteiger partial charge in [-0.1, -0.05) is 12.1 Å². The molecule has 1 aromatic rings. The Morgan fingerprint density at radius 1 is 1.21 bits per heavy atom. The van der Waals surface area contributed by atoms with Crippen molar-refractivity contribution in [1.82, 2.24) is 15.4 Å². The van der Waals surface area contributed by atoms with Crippen molar-refractivity contribution in [2.45, 2.75) is 27.3 Å². The predicted molar refractivity (Wildman–Crippen MR) is 98.0 cm³/mol. The van der Waals surface area contributed by atoms with Crippen molar-refractivity contribution >= 4 is 16.0 Å². The molecular weight excluding hydrogens is 328 g/mol. The summed E-state index contributed by atoms with van der Waals surface area (Å²) in [5.41, 5.74) is 2.12. The van der Waals surface area contributed by atoms with Gasteiger partial charge in [-0.2, -0.15) is 0 Å². The van der Waals surface area contributed by atoms with E-state index in [9.17, 15) is 8.42 Å². The number of sulfonamides is 1. The zero-order valence-electron chi connectivity index (χ0n) is 14.8. The molecule has 0 aliphatic heterocycles. The number of aryl methyl sites for hydroxylation is 1. The van der Waals surface area contributed by atoms with Crippen LogP contribution in [0.1, 0.15) is 25.0 Å². The van der Waals surface area contributed by atoms with Gasteiger partial charge in [-0.25, -0.2) is 18.1 Å². The molecule has 7 nitrogen and oxygen atoms in total. The quantitative estimate of drug-likeness (QED) is 0.349. The number of hydrogen-bond donors (Lipinski definition) is 3. The highest BCUT2D eigenvalue weighted by molar-refractivity contribution is 7.89. The minimum Gasteiger partial charge on any atom is -0.496 e. The van der Waals surface area contributed by atoms with E-state index >= 15 is 0 Å². The minimum absolute atomic E-state index is 0.0778. The molecule has 1 aromatic carbocycles. The number of nitrogens with one attached hydrogen (secondary N) is 3. The largest absolute Gasteiger partial charge is 0.496 e. The van der Waals surface area contributed by atoms with Crippen molar-refractivity contribution in [3.8, 4) is 5.75 Å². The summed E-state index contributed by atoms with van der Waals surface area (Å²) in [5.74, 6) is 1.52. The Bertz CT molecular complexity index is 645. The molecule has 136 valence electrons. The maximum atomic E-state index is 11.4. The second kappa shape index (κ2) is 10.1. The lowest BCUT2D eigenvalue weighted by Gasteiger charge is -2.13. The number of benzene rings is 1. The molecule has 0 unspecified atom stereocenters. The highest BCUT2D eigenvalue weighted by Gasteiger charge is 2.06. The Morgan fingerprint density at radius 3 is 2.58 bits per heavy atom. The van der Waals surface area contributed by atoms with Gasteiger partial charge in [0.05, 0.1) is 19.4 Å². The standard InChI is InChI=1S/C16H28N4O3S/c1-5-17-16(18-9-10-20-24(21,22)6-2)19-12-14-8-7-13(3)11-15(14)23-4/h7-8,11,20H,5-6,9-10,12H2,1-4H3,(H2,17,18,19). The molecule has 0 aliphatic carbocycles. The smallest absolute Gasteiger partial charge is 0.211 e. The lowest BCUT2D eigenvalue weighted by Crippen LogP contribution is -2.41. The number of methoxy groups -OCH3 is 1. The second-order valence-electron chi connectivity index (χ2n) is 5.24. The average molecular weight is 356 g/mol. The first-order valence-corrected chi connectivity index (χ1v) is 9.70.